The molecule has 0 amide bonds. The molecule has 1 aromatic carbocycles. The molecular weight excluding hydrogens is 428 g/mol. The van der Waals surface area contributed by atoms with Crippen molar-refractivity contribution < 1.29 is 35.6 Å². The van der Waals surface area contributed by atoms with Crippen LogP contribution in [0.1, 0.15) is 57.6 Å². The third kappa shape index (κ3) is 7.16. The molecule has 11 heteroatoms. The Morgan fingerprint density at radius 2 is 1.80 bits per heavy atom. The van der Waals surface area contributed by atoms with Gasteiger partial charge in [-0.1, -0.05) is 16.4 Å². The molecule has 3 N–H and O–H groups in total. The summed E-state index contributed by atoms with van der Waals surface area (Å²) in [5.41, 5.74) is -0.00487. The lowest BCUT2D eigenvalue weighted by Gasteiger charge is -2.38. The van der Waals surface area contributed by atoms with Crippen LogP contribution in [0.15, 0.2) is 24.3 Å². The van der Waals surface area contributed by atoms with Crippen LogP contribution in [-0.4, -0.2) is 46.8 Å². The van der Waals surface area contributed by atoms with Gasteiger partial charge in [-0.25, -0.2) is 4.39 Å². The number of β-amino-alcohol motifs (C(OH)–C–C–N with tert-alkyl or cyclic N) is 1. The van der Waals surface area contributed by atoms with E-state index in [1.807, 2.05) is 13.8 Å². The fourth-order valence-corrected chi connectivity index (χ4v) is 4.96. The maximum atomic E-state index is 13.3. The molecule has 172 valence electrons. The number of nitrogens with zero attached hydrogens (tertiary/aromatic N) is 1. The number of hydrogen-bond donors (Lipinski definition) is 3. The third-order valence-electron chi connectivity index (χ3n) is 5.45. The molecule has 0 heterocycles. The van der Waals surface area contributed by atoms with Crippen LogP contribution in [0, 0.1) is 11.7 Å². The average Bonchev–Trinajstić information content (AvgIpc) is 2.59. The van der Waals surface area contributed by atoms with E-state index in [0.717, 1.165) is 0 Å². The minimum absolute atomic E-state index is 0.00797. The van der Waals surface area contributed by atoms with Crippen LogP contribution in [0.2, 0.25) is 0 Å². The van der Waals surface area contributed by atoms with Crippen molar-refractivity contribution in [2.75, 3.05) is 6.54 Å². The first-order valence-corrected chi connectivity index (χ1v) is 11.1. The van der Waals surface area contributed by atoms with E-state index in [1.165, 1.54) is 18.2 Å². The molecule has 0 spiro atoms. The van der Waals surface area contributed by atoms with Crippen LogP contribution in [0.25, 0.3) is 0 Å². The summed E-state index contributed by atoms with van der Waals surface area (Å²) < 4.78 is 83.0. The van der Waals surface area contributed by atoms with Gasteiger partial charge in [0, 0.05) is 18.1 Å². The van der Waals surface area contributed by atoms with E-state index in [9.17, 15) is 31.1 Å². The average molecular weight is 457 g/mol. The van der Waals surface area contributed by atoms with E-state index in [-0.39, 0.29) is 25.3 Å². The summed E-state index contributed by atoms with van der Waals surface area (Å²) in [5.74, 6) is -0.382. The van der Waals surface area contributed by atoms with Crippen LogP contribution in [0.4, 0.5) is 17.6 Å². The minimum atomic E-state index is -5.38. The number of aliphatic hydroxyl groups is 1. The molecule has 0 aliphatic heterocycles. The van der Waals surface area contributed by atoms with Crippen molar-refractivity contribution >= 4 is 10.3 Å². The van der Waals surface area contributed by atoms with Gasteiger partial charge in [0.2, 0.25) is 0 Å². The van der Waals surface area contributed by atoms with Crippen molar-refractivity contribution in [2.45, 2.75) is 69.9 Å². The molecule has 1 atom stereocenters. The summed E-state index contributed by atoms with van der Waals surface area (Å²) in [6.45, 7) is 3.98. The first-order valence-electron chi connectivity index (χ1n) is 9.71. The summed E-state index contributed by atoms with van der Waals surface area (Å²) >= 11 is 0. The monoisotopic (exact) mass is 456 g/mol. The van der Waals surface area contributed by atoms with Crippen LogP contribution < -0.4 is 5.32 Å². The summed E-state index contributed by atoms with van der Waals surface area (Å²) in [6.07, 6.45) is -4.73. The van der Waals surface area contributed by atoms with Gasteiger partial charge < -0.3 is 10.4 Å². The SMILES string of the molecule is CC(C)(CC1CCC(N(C(F)(F)F)S(=O)(=O)O)CC1)NC[C@H](O)c1cccc(F)c1. The zero-order valence-electron chi connectivity index (χ0n) is 16.9. The maximum absolute atomic E-state index is 13.3. The predicted octanol–water partition coefficient (Wildman–Crippen LogP) is 3.80. The van der Waals surface area contributed by atoms with Gasteiger partial charge in [0.05, 0.1) is 6.10 Å². The fourth-order valence-electron chi connectivity index (χ4n) is 4.11. The molecule has 0 radical (unpaired) electrons. The van der Waals surface area contributed by atoms with Crippen molar-refractivity contribution in [1.29, 1.82) is 0 Å². The number of aliphatic hydroxyl groups excluding tert-OH is 1. The Kier molecular flexibility index (Phi) is 7.89. The van der Waals surface area contributed by atoms with Crippen LogP contribution in [0.3, 0.4) is 0 Å². The zero-order chi connectivity index (χ0) is 22.7. The highest BCUT2D eigenvalue weighted by Gasteiger charge is 2.50. The first kappa shape index (κ1) is 25.0. The molecule has 1 aliphatic rings. The predicted molar refractivity (Wildman–Crippen MR) is 103 cm³/mol. The molecule has 0 aromatic heterocycles. The van der Waals surface area contributed by atoms with E-state index >= 15 is 0 Å². The highest BCUT2D eigenvalue weighted by Crippen LogP contribution is 2.37. The van der Waals surface area contributed by atoms with Gasteiger partial charge in [0.1, 0.15) is 5.82 Å². The van der Waals surface area contributed by atoms with Crippen LogP contribution in [0.5, 0.6) is 0 Å². The van der Waals surface area contributed by atoms with Gasteiger partial charge in [-0.2, -0.15) is 21.6 Å². The van der Waals surface area contributed by atoms with Gasteiger partial charge in [0.15, 0.2) is 0 Å². The van der Waals surface area contributed by atoms with Gasteiger partial charge in [-0.3, -0.25) is 4.55 Å². The molecule has 30 heavy (non-hydrogen) atoms. The lowest BCUT2D eigenvalue weighted by atomic mass is 9.79. The lowest BCUT2D eigenvalue weighted by Crippen LogP contribution is -2.50. The highest BCUT2D eigenvalue weighted by atomic mass is 32.2. The van der Waals surface area contributed by atoms with E-state index in [1.54, 1.807) is 6.07 Å². The first-order chi connectivity index (χ1) is 13.7. The topological polar surface area (TPSA) is 89.9 Å². The number of alkyl halides is 3. The Hall–Kier alpha value is -1.27. The Bertz CT molecular complexity index is 809. The summed E-state index contributed by atoms with van der Waals surface area (Å²) in [6, 6.07) is 4.34. The number of benzene rings is 1. The summed E-state index contributed by atoms with van der Waals surface area (Å²) in [5, 5.41) is 13.4. The van der Waals surface area contributed by atoms with Crippen molar-refractivity contribution in [2.24, 2.45) is 5.92 Å². The Morgan fingerprint density at radius 1 is 1.20 bits per heavy atom. The maximum Gasteiger partial charge on any atom is 0.475 e. The molecule has 0 bridgehead atoms. The van der Waals surface area contributed by atoms with E-state index in [2.05, 4.69) is 5.32 Å². The minimum Gasteiger partial charge on any atom is -0.387 e. The Labute approximate surface area is 174 Å². The number of hydrogen-bond acceptors (Lipinski definition) is 4. The smallest absolute Gasteiger partial charge is 0.387 e. The summed E-state index contributed by atoms with van der Waals surface area (Å²) in [7, 11) is -5.38. The van der Waals surface area contributed by atoms with E-state index in [4.69, 9.17) is 4.55 Å². The van der Waals surface area contributed by atoms with Crippen molar-refractivity contribution in [3.8, 4) is 0 Å². The second-order valence-corrected chi connectivity index (χ2v) is 9.74. The standard InChI is InChI=1S/C19H28F4N2O4S/c1-18(2,24-12-17(26)14-4-3-5-15(20)10-14)11-13-6-8-16(9-7-13)25(19(21,22)23)30(27,28)29/h3-5,10,13,16-17,24,26H,6-9,11-12H2,1-2H3,(H,27,28,29)/t13?,16?,17-/m0/s1. The van der Waals surface area contributed by atoms with Crippen LogP contribution in [-0.2, 0) is 10.3 Å². The normalized spacial score (nSPS) is 22.3. The number of rotatable bonds is 8. The molecule has 6 nitrogen and oxygen atoms in total. The van der Waals surface area contributed by atoms with E-state index < -0.39 is 44.4 Å². The molecule has 1 aromatic rings. The second kappa shape index (κ2) is 9.47. The highest BCUT2D eigenvalue weighted by molar-refractivity contribution is 7.83. The molecule has 1 saturated carbocycles. The zero-order valence-corrected chi connectivity index (χ0v) is 17.7. The van der Waals surface area contributed by atoms with Gasteiger partial charge in [-0.05, 0) is 69.6 Å². The second-order valence-electron chi connectivity index (χ2n) is 8.46. The van der Waals surface area contributed by atoms with Crippen molar-refractivity contribution in [3.05, 3.63) is 35.6 Å². The molecule has 0 unspecified atom stereocenters. The van der Waals surface area contributed by atoms with Gasteiger partial charge in [-0.15, -0.1) is 0 Å². The van der Waals surface area contributed by atoms with E-state index in [0.29, 0.717) is 24.8 Å². The fraction of sp³-hybridized carbons (Fsp3) is 0.684. The number of nitrogens with one attached hydrogen (secondary N) is 1. The molecular formula is C19H28F4N2O4S. The quantitative estimate of drug-likeness (QED) is 0.315. The van der Waals surface area contributed by atoms with Crippen molar-refractivity contribution in [1.82, 2.24) is 9.62 Å². The lowest BCUT2D eigenvalue weighted by molar-refractivity contribution is -0.226. The van der Waals surface area contributed by atoms with Crippen molar-refractivity contribution in [3.63, 3.8) is 0 Å². The molecule has 0 saturated heterocycles. The Morgan fingerprint density at radius 3 is 2.30 bits per heavy atom. The molecule has 1 aliphatic carbocycles. The van der Waals surface area contributed by atoms with Crippen LogP contribution >= 0.6 is 0 Å². The molecule has 1 fully saturated rings. The third-order valence-corrected chi connectivity index (χ3v) is 6.46. The largest absolute Gasteiger partial charge is 0.475 e. The summed E-state index contributed by atoms with van der Waals surface area (Å²) in [4.78, 5) is 0. The number of halogens is 4. The van der Waals surface area contributed by atoms with Gasteiger partial charge in [0.25, 0.3) is 0 Å². The van der Waals surface area contributed by atoms with Gasteiger partial charge >= 0.3 is 16.6 Å². The Balaban J connectivity index is 1.88. The molecule has 2 rings (SSSR count).